The molecule has 0 aliphatic heterocycles. The predicted octanol–water partition coefficient (Wildman–Crippen LogP) is 1.76. The molecule has 0 aliphatic carbocycles. The van der Waals surface area contributed by atoms with Gasteiger partial charge in [0.1, 0.15) is 19.7 Å². The normalized spacial score (nSPS) is 11.1. The minimum atomic E-state index is -4.57. The van der Waals surface area contributed by atoms with E-state index in [1.165, 1.54) is 0 Å². The van der Waals surface area contributed by atoms with Crippen molar-refractivity contribution in [1.82, 2.24) is 15.1 Å². The Hall–Kier alpha value is -2.84. The lowest BCUT2D eigenvalue weighted by atomic mass is 10.2. The van der Waals surface area contributed by atoms with Gasteiger partial charge >= 0.3 is 12.1 Å². The number of esters is 1. The van der Waals surface area contributed by atoms with Crippen LogP contribution < -0.4 is 5.32 Å². The van der Waals surface area contributed by atoms with Gasteiger partial charge in [-0.2, -0.15) is 18.3 Å². The van der Waals surface area contributed by atoms with Crippen LogP contribution in [0.15, 0.2) is 42.6 Å². The molecule has 0 spiro atoms. The zero-order valence-corrected chi connectivity index (χ0v) is 12.4. The highest BCUT2D eigenvalue weighted by molar-refractivity contribution is 5.81. The number of nitrogens with one attached hydrogen (secondary N) is 1. The predicted molar refractivity (Wildman–Crippen MR) is 76.5 cm³/mol. The van der Waals surface area contributed by atoms with E-state index in [1.807, 2.05) is 6.07 Å². The number of benzene rings is 1. The Bertz CT molecular complexity index is 699. The Balaban J connectivity index is 1.72. The number of hydrogen-bond acceptors (Lipinski definition) is 4. The monoisotopic (exact) mass is 341 g/mol. The average molecular weight is 341 g/mol. The van der Waals surface area contributed by atoms with Crippen molar-refractivity contribution in [2.45, 2.75) is 19.3 Å². The van der Waals surface area contributed by atoms with Gasteiger partial charge in [0.05, 0.1) is 0 Å². The molecule has 2 aromatic rings. The maximum absolute atomic E-state index is 12.4. The highest BCUT2D eigenvalue weighted by Crippen LogP contribution is 2.27. The number of aromatic nitrogens is 2. The van der Waals surface area contributed by atoms with Crippen LogP contribution >= 0.6 is 0 Å². The first kappa shape index (κ1) is 17.5. The highest BCUT2D eigenvalue weighted by Gasteiger charge is 2.33. The van der Waals surface area contributed by atoms with Crippen LogP contribution in [0, 0.1) is 0 Å². The molecule has 0 fully saturated rings. The molecule has 0 saturated carbocycles. The first-order valence-electron chi connectivity index (χ1n) is 6.91. The summed E-state index contributed by atoms with van der Waals surface area (Å²) >= 11 is 0. The molecule has 9 heteroatoms. The van der Waals surface area contributed by atoms with Crippen LogP contribution in [0.3, 0.4) is 0 Å². The molecule has 1 N–H and O–H groups in total. The molecular formula is C15H14F3N3O3. The van der Waals surface area contributed by atoms with Crippen LogP contribution in [-0.2, 0) is 33.7 Å². The number of hydrogen-bond donors (Lipinski definition) is 1. The van der Waals surface area contributed by atoms with Gasteiger partial charge in [0.15, 0.2) is 5.69 Å². The molecule has 6 nitrogen and oxygen atoms in total. The van der Waals surface area contributed by atoms with Gasteiger partial charge in [0.2, 0.25) is 5.91 Å². The lowest BCUT2D eigenvalue weighted by molar-refractivity contribution is -0.145. The van der Waals surface area contributed by atoms with Crippen molar-refractivity contribution in [3.63, 3.8) is 0 Å². The van der Waals surface area contributed by atoms with Crippen LogP contribution in [0.5, 0.6) is 0 Å². The number of carbonyl (C=O) groups is 2. The van der Waals surface area contributed by atoms with Crippen LogP contribution in [0.2, 0.25) is 0 Å². The fourth-order valence-electron chi connectivity index (χ4n) is 1.76. The van der Waals surface area contributed by atoms with Crippen molar-refractivity contribution in [3.05, 3.63) is 53.9 Å². The summed E-state index contributed by atoms with van der Waals surface area (Å²) < 4.78 is 42.9. The lowest BCUT2D eigenvalue weighted by Crippen LogP contribution is -2.33. The third-order valence-corrected chi connectivity index (χ3v) is 2.91. The second kappa shape index (κ2) is 7.62. The van der Waals surface area contributed by atoms with Crippen molar-refractivity contribution in [2.24, 2.45) is 0 Å². The Kier molecular flexibility index (Phi) is 5.56. The smallest absolute Gasteiger partial charge is 0.435 e. The Morgan fingerprint density at radius 1 is 1.17 bits per heavy atom. The molecule has 1 aromatic heterocycles. The van der Waals surface area contributed by atoms with Gasteiger partial charge in [-0.25, -0.2) is 0 Å². The molecule has 0 aliphatic rings. The quantitative estimate of drug-likeness (QED) is 0.813. The summed E-state index contributed by atoms with van der Waals surface area (Å²) in [7, 11) is 0. The molecule has 1 aromatic carbocycles. The lowest BCUT2D eigenvalue weighted by Gasteiger charge is -2.07. The van der Waals surface area contributed by atoms with Gasteiger partial charge in [0, 0.05) is 6.20 Å². The number of nitrogens with zero attached hydrogens (tertiary/aromatic N) is 2. The van der Waals surface area contributed by atoms with E-state index in [0.717, 1.165) is 22.5 Å². The Labute approximate surface area is 135 Å². The van der Waals surface area contributed by atoms with E-state index in [2.05, 4.69) is 10.4 Å². The molecule has 2 rings (SSSR count). The van der Waals surface area contributed by atoms with Crippen molar-refractivity contribution in [3.8, 4) is 0 Å². The number of rotatable bonds is 6. The first-order chi connectivity index (χ1) is 11.3. The van der Waals surface area contributed by atoms with Crippen LogP contribution in [0.25, 0.3) is 0 Å². The van der Waals surface area contributed by atoms with E-state index in [-0.39, 0.29) is 13.2 Å². The summed E-state index contributed by atoms with van der Waals surface area (Å²) in [5.74, 6) is -1.30. The second-order valence-electron chi connectivity index (χ2n) is 4.82. The van der Waals surface area contributed by atoms with E-state index in [0.29, 0.717) is 0 Å². The van der Waals surface area contributed by atoms with E-state index in [9.17, 15) is 22.8 Å². The summed E-state index contributed by atoms with van der Waals surface area (Å²) in [4.78, 5) is 23.1. The molecule has 0 atom stereocenters. The van der Waals surface area contributed by atoms with Gasteiger partial charge in [0.25, 0.3) is 0 Å². The van der Waals surface area contributed by atoms with Gasteiger partial charge in [-0.05, 0) is 11.6 Å². The van der Waals surface area contributed by atoms with Gasteiger partial charge in [-0.3, -0.25) is 14.3 Å². The zero-order chi connectivity index (χ0) is 17.6. The molecule has 128 valence electrons. The SMILES string of the molecule is O=C(Cn1ccc(C(F)(F)F)n1)NCC(=O)OCc1ccccc1. The molecule has 0 radical (unpaired) electrons. The number of alkyl halides is 3. The number of ether oxygens (including phenoxy) is 1. The fourth-order valence-corrected chi connectivity index (χ4v) is 1.76. The van der Waals surface area contributed by atoms with Crippen molar-refractivity contribution in [1.29, 1.82) is 0 Å². The minimum absolute atomic E-state index is 0.0731. The third kappa shape index (κ3) is 5.41. The minimum Gasteiger partial charge on any atom is -0.460 e. The summed E-state index contributed by atoms with van der Waals surface area (Å²) in [6, 6.07) is 9.74. The standard InChI is InChI=1S/C15H14F3N3O3/c16-15(17,18)12-6-7-21(20-12)9-13(22)19-8-14(23)24-10-11-4-2-1-3-5-11/h1-7H,8-10H2,(H,19,22). The maximum Gasteiger partial charge on any atom is 0.435 e. The summed E-state index contributed by atoms with van der Waals surface area (Å²) in [5, 5.41) is 5.50. The molecule has 0 saturated heterocycles. The molecule has 24 heavy (non-hydrogen) atoms. The molecule has 1 heterocycles. The summed E-state index contributed by atoms with van der Waals surface area (Å²) in [5.41, 5.74) is -0.286. The van der Waals surface area contributed by atoms with Crippen molar-refractivity contribution in [2.75, 3.05) is 6.54 Å². The fraction of sp³-hybridized carbons (Fsp3) is 0.267. The van der Waals surface area contributed by atoms with E-state index < -0.39 is 30.3 Å². The van der Waals surface area contributed by atoms with Crippen LogP contribution in [0.1, 0.15) is 11.3 Å². The number of carbonyl (C=O) groups excluding carboxylic acids is 2. The first-order valence-corrected chi connectivity index (χ1v) is 6.91. The van der Waals surface area contributed by atoms with Crippen molar-refractivity contribution < 1.29 is 27.5 Å². The molecule has 0 unspecified atom stereocenters. The largest absolute Gasteiger partial charge is 0.460 e. The second-order valence-corrected chi connectivity index (χ2v) is 4.82. The van der Waals surface area contributed by atoms with Crippen molar-refractivity contribution >= 4 is 11.9 Å². The van der Waals surface area contributed by atoms with E-state index in [1.54, 1.807) is 24.3 Å². The Morgan fingerprint density at radius 3 is 2.50 bits per heavy atom. The molecule has 1 amide bonds. The van der Waals surface area contributed by atoms with E-state index >= 15 is 0 Å². The average Bonchev–Trinajstić information content (AvgIpc) is 3.00. The molecule has 0 bridgehead atoms. The van der Waals surface area contributed by atoms with Gasteiger partial charge < -0.3 is 10.1 Å². The Morgan fingerprint density at radius 2 is 1.88 bits per heavy atom. The van der Waals surface area contributed by atoms with Gasteiger partial charge in [-0.15, -0.1) is 0 Å². The van der Waals surface area contributed by atoms with Crippen LogP contribution in [-0.4, -0.2) is 28.2 Å². The summed E-state index contributed by atoms with van der Waals surface area (Å²) in [6.45, 7) is -0.731. The number of amides is 1. The molecular weight excluding hydrogens is 327 g/mol. The third-order valence-electron chi connectivity index (χ3n) is 2.91. The highest BCUT2D eigenvalue weighted by atomic mass is 19.4. The van der Waals surface area contributed by atoms with E-state index in [4.69, 9.17) is 4.74 Å². The maximum atomic E-state index is 12.4. The van der Waals surface area contributed by atoms with Crippen LogP contribution in [0.4, 0.5) is 13.2 Å². The van der Waals surface area contributed by atoms with Gasteiger partial charge in [-0.1, -0.05) is 30.3 Å². The number of halogens is 3. The topological polar surface area (TPSA) is 73.2 Å². The summed E-state index contributed by atoms with van der Waals surface area (Å²) in [6.07, 6.45) is -3.53. The zero-order valence-electron chi connectivity index (χ0n) is 12.4.